The Balaban J connectivity index is 2.28. The second kappa shape index (κ2) is 7.22. The number of nitrogens with zero attached hydrogens (tertiary/aromatic N) is 2. The first-order valence-corrected chi connectivity index (χ1v) is 7.33. The standard InChI is InChI=1S/C15H18ClFN4/c1-3-5-13-20-14(18-4-2)9-15(21-13)19-12-7-10(16)6-11(17)8-12/h6-9H,3-5H2,1-2H3,(H2,18,19,20,21). The highest BCUT2D eigenvalue weighted by Gasteiger charge is 2.06. The summed E-state index contributed by atoms with van der Waals surface area (Å²) in [5, 5.41) is 6.57. The van der Waals surface area contributed by atoms with Crippen LogP contribution in [0.4, 0.5) is 21.7 Å². The second-order valence-electron chi connectivity index (χ2n) is 4.62. The van der Waals surface area contributed by atoms with E-state index in [4.69, 9.17) is 11.6 Å². The average molecular weight is 309 g/mol. The zero-order chi connectivity index (χ0) is 15.2. The molecule has 2 N–H and O–H groups in total. The number of hydrogen-bond donors (Lipinski definition) is 2. The van der Waals surface area contributed by atoms with Crippen LogP contribution in [0.2, 0.25) is 5.02 Å². The third kappa shape index (κ3) is 4.56. The zero-order valence-corrected chi connectivity index (χ0v) is 12.8. The van der Waals surface area contributed by atoms with Crippen molar-refractivity contribution in [2.24, 2.45) is 0 Å². The molecule has 0 saturated carbocycles. The lowest BCUT2D eigenvalue weighted by Gasteiger charge is -2.11. The lowest BCUT2D eigenvalue weighted by molar-refractivity contribution is 0.628. The van der Waals surface area contributed by atoms with Crippen molar-refractivity contribution in [3.8, 4) is 0 Å². The molecule has 4 nitrogen and oxygen atoms in total. The maximum atomic E-state index is 13.4. The lowest BCUT2D eigenvalue weighted by atomic mass is 10.3. The predicted octanol–water partition coefficient (Wildman–Crippen LogP) is 4.40. The van der Waals surface area contributed by atoms with Gasteiger partial charge in [-0.15, -0.1) is 0 Å². The Morgan fingerprint density at radius 3 is 2.52 bits per heavy atom. The summed E-state index contributed by atoms with van der Waals surface area (Å²) in [5.74, 6) is 1.73. The van der Waals surface area contributed by atoms with Crippen LogP contribution in [-0.2, 0) is 6.42 Å². The molecule has 2 rings (SSSR count). The van der Waals surface area contributed by atoms with Gasteiger partial charge in [-0.3, -0.25) is 0 Å². The fourth-order valence-electron chi connectivity index (χ4n) is 1.94. The van der Waals surface area contributed by atoms with Gasteiger partial charge in [-0.2, -0.15) is 0 Å². The van der Waals surface area contributed by atoms with E-state index in [9.17, 15) is 4.39 Å². The smallest absolute Gasteiger partial charge is 0.136 e. The highest BCUT2D eigenvalue weighted by atomic mass is 35.5. The Labute approximate surface area is 128 Å². The molecule has 1 heterocycles. The van der Waals surface area contributed by atoms with Crippen molar-refractivity contribution in [2.75, 3.05) is 17.2 Å². The number of aryl methyl sites for hydroxylation is 1. The summed E-state index contributed by atoms with van der Waals surface area (Å²) >= 11 is 5.85. The molecule has 0 amide bonds. The Kier molecular flexibility index (Phi) is 5.33. The first-order chi connectivity index (χ1) is 10.1. The number of halogens is 2. The van der Waals surface area contributed by atoms with Crippen molar-refractivity contribution in [3.05, 3.63) is 40.9 Å². The first-order valence-electron chi connectivity index (χ1n) is 6.95. The zero-order valence-electron chi connectivity index (χ0n) is 12.1. The minimum Gasteiger partial charge on any atom is -0.370 e. The number of anilines is 3. The van der Waals surface area contributed by atoms with Crippen molar-refractivity contribution in [3.63, 3.8) is 0 Å². The number of nitrogens with one attached hydrogen (secondary N) is 2. The molecule has 0 aliphatic heterocycles. The minimum atomic E-state index is -0.389. The summed E-state index contributed by atoms with van der Waals surface area (Å²) in [4.78, 5) is 8.86. The fraction of sp³-hybridized carbons (Fsp3) is 0.333. The Hall–Kier alpha value is -1.88. The van der Waals surface area contributed by atoms with E-state index in [2.05, 4.69) is 27.5 Å². The van der Waals surface area contributed by atoms with Gasteiger partial charge in [0.2, 0.25) is 0 Å². The molecule has 0 unspecified atom stereocenters. The maximum absolute atomic E-state index is 13.4. The second-order valence-corrected chi connectivity index (χ2v) is 5.05. The van der Waals surface area contributed by atoms with Crippen LogP contribution in [0, 0.1) is 5.82 Å². The molecule has 112 valence electrons. The molecule has 21 heavy (non-hydrogen) atoms. The molecule has 2 aromatic rings. The highest BCUT2D eigenvalue weighted by molar-refractivity contribution is 6.30. The summed E-state index contributed by atoms with van der Waals surface area (Å²) in [6, 6.07) is 6.08. The largest absolute Gasteiger partial charge is 0.370 e. The molecule has 6 heteroatoms. The summed E-state index contributed by atoms with van der Waals surface area (Å²) in [6.07, 6.45) is 1.75. The molecule has 0 spiro atoms. The SMILES string of the molecule is CCCc1nc(NCC)cc(Nc2cc(F)cc(Cl)c2)n1. The Morgan fingerprint density at radius 2 is 1.86 bits per heavy atom. The van der Waals surface area contributed by atoms with Gasteiger partial charge in [-0.25, -0.2) is 14.4 Å². The number of hydrogen-bond acceptors (Lipinski definition) is 4. The van der Waals surface area contributed by atoms with Crippen LogP contribution in [0.1, 0.15) is 26.1 Å². The Bertz CT molecular complexity index is 574. The van der Waals surface area contributed by atoms with E-state index >= 15 is 0 Å². The molecule has 0 aliphatic rings. The molecular formula is C15H18ClFN4. The van der Waals surface area contributed by atoms with Crippen LogP contribution in [0.25, 0.3) is 0 Å². The monoisotopic (exact) mass is 308 g/mol. The molecule has 0 bridgehead atoms. The van der Waals surface area contributed by atoms with E-state index in [1.54, 1.807) is 12.1 Å². The third-order valence-corrected chi connectivity index (χ3v) is 2.96. The molecule has 0 atom stereocenters. The molecule has 0 fully saturated rings. The van der Waals surface area contributed by atoms with Crippen molar-refractivity contribution in [2.45, 2.75) is 26.7 Å². The molecule has 0 saturated heterocycles. The van der Waals surface area contributed by atoms with Gasteiger partial charge in [0, 0.05) is 29.7 Å². The number of rotatable bonds is 6. The number of benzene rings is 1. The summed E-state index contributed by atoms with van der Waals surface area (Å²) < 4.78 is 13.4. The van der Waals surface area contributed by atoms with Gasteiger partial charge < -0.3 is 10.6 Å². The van der Waals surface area contributed by atoms with Crippen LogP contribution >= 0.6 is 11.6 Å². The van der Waals surface area contributed by atoms with E-state index < -0.39 is 0 Å². The molecule has 0 radical (unpaired) electrons. The van der Waals surface area contributed by atoms with E-state index in [-0.39, 0.29) is 5.82 Å². The van der Waals surface area contributed by atoms with Gasteiger partial charge in [-0.1, -0.05) is 18.5 Å². The molecule has 1 aromatic heterocycles. The summed E-state index contributed by atoms with van der Waals surface area (Å²) in [7, 11) is 0. The van der Waals surface area contributed by atoms with Crippen LogP contribution in [0.5, 0.6) is 0 Å². The minimum absolute atomic E-state index is 0.340. The highest BCUT2D eigenvalue weighted by Crippen LogP contribution is 2.22. The van der Waals surface area contributed by atoms with Gasteiger partial charge >= 0.3 is 0 Å². The average Bonchev–Trinajstić information content (AvgIpc) is 2.37. The van der Waals surface area contributed by atoms with Crippen molar-refractivity contribution >= 4 is 28.9 Å². The molecule has 1 aromatic carbocycles. The van der Waals surface area contributed by atoms with Crippen molar-refractivity contribution < 1.29 is 4.39 Å². The quantitative estimate of drug-likeness (QED) is 0.830. The Morgan fingerprint density at radius 1 is 1.10 bits per heavy atom. The van der Waals surface area contributed by atoms with E-state index in [0.29, 0.717) is 16.5 Å². The molecular weight excluding hydrogens is 291 g/mol. The van der Waals surface area contributed by atoms with Gasteiger partial charge in [-0.05, 0) is 31.5 Å². The predicted molar refractivity (Wildman–Crippen MR) is 84.9 cm³/mol. The van der Waals surface area contributed by atoms with E-state index in [1.807, 2.05) is 6.92 Å². The van der Waals surface area contributed by atoms with Crippen molar-refractivity contribution in [1.82, 2.24) is 9.97 Å². The third-order valence-electron chi connectivity index (χ3n) is 2.74. The normalized spacial score (nSPS) is 10.5. The first kappa shape index (κ1) is 15.5. The van der Waals surface area contributed by atoms with Crippen LogP contribution < -0.4 is 10.6 Å². The summed E-state index contributed by atoms with van der Waals surface area (Å²) in [6.45, 7) is 4.84. The van der Waals surface area contributed by atoms with Gasteiger partial charge in [0.05, 0.1) is 0 Å². The van der Waals surface area contributed by atoms with Crippen LogP contribution in [0.3, 0.4) is 0 Å². The van der Waals surface area contributed by atoms with Gasteiger partial charge in [0.25, 0.3) is 0 Å². The van der Waals surface area contributed by atoms with Crippen molar-refractivity contribution in [1.29, 1.82) is 0 Å². The van der Waals surface area contributed by atoms with Gasteiger partial charge in [0.15, 0.2) is 0 Å². The topological polar surface area (TPSA) is 49.8 Å². The number of aromatic nitrogens is 2. The van der Waals surface area contributed by atoms with Gasteiger partial charge in [0.1, 0.15) is 23.3 Å². The maximum Gasteiger partial charge on any atom is 0.136 e. The van der Waals surface area contributed by atoms with E-state index in [1.165, 1.54) is 12.1 Å². The van der Waals surface area contributed by atoms with Crippen LogP contribution in [0.15, 0.2) is 24.3 Å². The van der Waals surface area contributed by atoms with E-state index in [0.717, 1.165) is 31.0 Å². The lowest BCUT2D eigenvalue weighted by Crippen LogP contribution is -2.06. The van der Waals surface area contributed by atoms with Crippen LogP contribution in [-0.4, -0.2) is 16.5 Å². The molecule has 0 aliphatic carbocycles. The fourth-order valence-corrected chi connectivity index (χ4v) is 2.16. The summed E-state index contributed by atoms with van der Waals surface area (Å²) in [5.41, 5.74) is 0.559.